The molecule has 0 radical (unpaired) electrons. The number of nitrogens with zero attached hydrogens (tertiary/aromatic N) is 2. The van der Waals surface area contributed by atoms with Gasteiger partial charge in [0, 0.05) is 32.7 Å². The number of esters is 1. The SMILES string of the molecule is Cc1cc(OC(=O)C2CCN(C(=O)OC(C)(C)C)CC2)cc2c1CN(Cc1ccc(OC(F)(F)F)cc1)C2. The number of benzene rings is 2. The van der Waals surface area contributed by atoms with Crippen molar-refractivity contribution in [3.05, 3.63) is 58.7 Å². The number of amides is 1. The van der Waals surface area contributed by atoms with E-state index in [2.05, 4.69) is 9.64 Å². The van der Waals surface area contributed by atoms with E-state index in [0.717, 1.165) is 22.3 Å². The minimum absolute atomic E-state index is 0.247. The molecular weight excluding hydrogens is 501 g/mol. The van der Waals surface area contributed by atoms with E-state index < -0.39 is 12.0 Å². The molecule has 2 aliphatic heterocycles. The van der Waals surface area contributed by atoms with Crippen molar-refractivity contribution >= 4 is 12.1 Å². The summed E-state index contributed by atoms with van der Waals surface area (Å²) in [6, 6.07) is 9.62. The minimum Gasteiger partial charge on any atom is -0.444 e. The molecule has 38 heavy (non-hydrogen) atoms. The van der Waals surface area contributed by atoms with Gasteiger partial charge in [0.1, 0.15) is 17.1 Å². The van der Waals surface area contributed by atoms with Crippen LogP contribution in [0.3, 0.4) is 0 Å². The summed E-state index contributed by atoms with van der Waals surface area (Å²) in [5.41, 5.74) is 3.54. The number of rotatable bonds is 5. The normalized spacial score (nSPS) is 16.8. The molecule has 0 aromatic heterocycles. The summed E-state index contributed by atoms with van der Waals surface area (Å²) >= 11 is 0. The van der Waals surface area contributed by atoms with Crippen molar-refractivity contribution in [3.63, 3.8) is 0 Å². The van der Waals surface area contributed by atoms with Crippen LogP contribution in [0.4, 0.5) is 18.0 Å². The van der Waals surface area contributed by atoms with Gasteiger partial charge in [-0.25, -0.2) is 4.79 Å². The third-order valence-electron chi connectivity index (χ3n) is 6.58. The van der Waals surface area contributed by atoms with Gasteiger partial charge in [-0.05, 0) is 87.1 Å². The molecule has 2 aliphatic rings. The fourth-order valence-electron chi connectivity index (χ4n) is 4.79. The van der Waals surface area contributed by atoms with E-state index >= 15 is 0 Å². The average Bonchev–Trinajstić information content (AvgIpc) is 3.21. The van der Waals surface area contributed by atoms with Gasteiger partial charge in [-0.1, -0.05) is 12.1 Å². The molecule has 7 nitrogen and oxygen atoms in total. The zero-order chi connectivity index (χ0) is 27.7. The molecular formula is C28H33F3N2O5. The number of carbonyl (C=O) groups is 2. The fourth-order valence-corrected chi connectivity index (χ4v) is 4.79. The summed E-state index contributed by atoms with van der Waals surface area (Å²) < 4.78 is 52.3. The molecule has 0 bridgehead atoms. The molecule has 206 valence electrons. The molecule has 2 aromatic rings. The quantitative estimate of drug-likeness (QED) is 0.348. The van der Waals surface area contributed by atoms with Gasteiger partial charge in [-0.15, -0.1) is 13.2 Å². The molecule has 1 fully saturated rings. The van der Waals surface area contributed by atoms with E-state index in [1.807, 2.05) is 39.8 Å². The maximum absolute atomic E-state index is 12.9. The number of likely N-dealkylation sites (tertiary alicyclic amines) is 1. The largest absolute Gasteiger partial charge is 0.573 e. The Morgan fingerprint density at radius 1 is 0.974 bits per heavy atom. The summed E-state index contributed by atoms with van der Waals surface area (Å²) in [6.45, 7) is 10.2. The molecule has 10 heteroatoms. The number of carbonyl (C=O) groups excluding carboxylic acids is 2. The number of alkyl halides is 3. The number of halogens is 3. The Balaban J connectivity index is 1.31. The highest BCUT2D eigenvalue weighted by Crippen LogP contribution is 2.32. The lowest BCUT2D eigenvalue weighted by Crippen LogP contribution is -2.43. The lowest BCUT2D eigenvalue weighted by atomic mass is 9.97. The van der Waals surface area contributed by atoms with Crippen molar-refractivity contribution in [3.8, 4) is 11.5 Å². The first-order valence-electron chi connectivity index (χ1n) is 12.6. The number of hydrogen-bond acceptors (Lipinski definition) is 6. The second kappa shape index (κ2) is 10.8. The topological polar surface area (TPSA) is 68.3 Å². The monoisotopic (exact) mass is 534 g/mol. The van der Waals surface area contributed by atoms with Gasteiger partial charge in [-0.2, -0.15) is 0 Å². The summed E-state index contributed by atoms with van der Waals surface area (Å²) in [5.74, 6) is -0.340. The van der Waals surface area contributed by atoms with E-state index in [0.29, 0.717) is 51.3 Å². The van der Waals surface area contributed by atoms with Crippen LogP contribution in [-0.4, -0.2) is 46.9 Å². The Morgan fingerprint density at radius 2 is 1.63 bits per heavy atom. The van der Waals surface area contributed by atoms with Crippen molar-refractivity contribution in [1.29, 1.82) is 0 Å². The third-order valence-corrected chi connectivity index (χ3v) is 6.58. The molecule has 0 N–H and O–H groups in total. The average molecular weight is 535 g/mol. The van der Waals surface area contributed by atoms with Crippen LogP contribution < -0.4 is 9.47 Å². The lowest BCUT2D eigenvalue weighted by molar-refractivity contribution is -0.274. The van der Waals surface area contributed by atoms with Gasteiger partial charge < -0.3 is 19.1 Å². The summed E-state index contributed by atoms with van der Waals surface area (Å²) in [5, 5.41) is 0. The summed E-state index contributed by atoms with van der Waals surface area (Å²) in [4.78, 5) is 28.9. The van der Waals surface area contributed by atoms with Crippen molar-refractivity contribution in [2.75, 3.05) is 13.1 Å². The van der Waals surface area contributed by atoms with E-state index in [4.69, 9.17) is 9.47 Å². The Labute approximate surface area is 220 Å². The molecule has 2 heterocycles. The van der Waals surface area contributed by atoms with Gasteiger partial charge >= 0.3 is 18.4 Å². The predicted octanol–water partition coefficient (Wildman–Crippen LogP) is 5.96. The molecule has 0 spiro atoms. The summed E-state index contributed by atoms with van der Waals surface area (Å²) in [7, 11) is 0. The van der Waals surface area contributed by atoms with Gasteiger partial charge in [0.15, 0.2) is 0 Å². The highest BCUT2D eigenvalue weighted by Gasteiger charge is 2.32. The molecule has 1 amide bonds. The van der Waals surface area contributed by atoms with Crippen LogP contribution >= 0.6 is 0 Å². The molecule has 4 rings (SSSR count). The highest BCUT2D eigenvalue weighted by molar-refractivity contribution is 5.76. The van der Waals surface area contributed by atoms with E-state index in [1.54, 1.807) is 17.0 Å². The zero-order valence-electron chi connectivity index (χ0n) is 22.1. The Kier molecular flexibility index (Phi) is 7.92. The van der Waals surface area contributed by atoms with Crippen LogP contribution in [0.15, 0.2) is 36.4 Å². The third kappa shape index (κ3) is 7.40. The van der Waals surface area contributed by atoms with Gasteiger partial charge in [0.25, 0.3) is 0 Å². The van der Waals surface area contributed by atoms with Gasteiger partial charge in [0.2, 0.25) is 0 Å². The van der Waals surface area contributed by atoms with Crippen LogP contribution in [0.25, 0.3) is 0 Å². The minimum atomic E-state index is -4.71. The number of aryl methyl sites for hydroxylation is 1. The molecule has 0 atom stereocenters. The predicted molar refractivity (Wildman–Crippen MR) is 133 cm³/mol. The second-order valence-electron chi connectivity index (χ2n) is 10.9. The van der Waals surface area contributed by atoms with Crippen LogP contribution in [0.5, 0.6) is 11.5 Å². The maximum atomic E-state index is 12.9. The van der Waals surface area contributed by atoms with Crippen molar-refractivity contribution in [2.45, 2.75) is 72.1 Å². The molecule has 2 aromatic carbocycles. The van der Waals surface area contributed by atoms with E-state index in [9.17, 15) is 22.8 Å². The number of fused-ring (bicyclic) bond motifs is 1. The summed E-state index contributed by atoms with van der Waals surface area (Å²) in [6.07, 6.45) is -4.05. The molecule has 0 saturated carbocycles. The molecule has 0 unspecified atom stereocenters. The first-order valence-corrected chi connectivity index (χ1v) is 12.6. The first-order chi connectivity index (χ1) is 17.8. The van der Waals surface area contributed by atoms with Crippen LogP contribution in [-0.2, 0) is 29.2 Å². The smallest absolute Gasteiger partial charge is 0.444 e. The van der Waals surface area contributed by atoms with E-state index in [-0.39, 0.29) is 23.7 Å². The second-order valence-corrected chi connectivity index (χ2v) is 10.9. The Hall–Kier alpha value is -3.27. The zero-order valence-corrected chi connectivity index (χ0v) is 22.1. The Morgan fingerprint density at radius 3 is 2.24 bits per heavy atom. The van der Waals surface area contributed by atoms with Crippen LogP contribution in [0.2, 0.25) is 0 Å². The van der Waals surface area contributed by atoms with Crippen molar-refractivity contribution in [1.82, 2.24) is 9.80 Å². The maximum Gasteiger partial charge on any atom is 0.573 e. The van der Waals surface area contributed by atoms with Crippen LogP contribution in [0, 0.1) is 12.8 Å². The standard InChI is InChI=1S/C28H33F3N2O5/c1-18-13-23(36-25(34)20-9-11-33(12-10-20)26(35)38-27(2,3)4)14-21-16-32(17-24(18)21)15-19-5-7-22(8-6-19)37-28(29,30)31/h5-8,13-14,20H,9-12,15-17H2,1-4H3. The highest BCUT2D eigenvalue weighted by atomic mass is 19.4. The van der Waals surface area contributed by atoms with Gasteiger partial charge in [-0.3, -0.25) is 9.69 Å². The first kappa shape index (κ1) is 27.8. The number of ether oxygens (including phenoxy) is 3. The Bertz CT molecular complexity index is 1170. The van der Waals surface area contributed by atoms with Gasteiger partial charge in [0.05, 0.1) is 5.92 Å². The number of hydrogen-bond donors (Lipinski definition) is 0. The van der Waals surface area contributed by atoms with Crippen LogP contribution in [0.1, 0.15) is 55.9 Å². The molecule has 1 saturated heterocycles. The number of piperidine rings is 1. The van der Waals surface area contributed by atoms with Crippen molar-refractivity contribution < 1.29 is 37.0 Å². The van der Waals surface area contributed by atoms with E-state index in [1.165, 1.54) is 12.1 Å². The molecule has 0 aliphatic carbocycles. The van der Waals surface area contributed by atoms with Crippen molar-refractivity contribution in [2.24, 2.45) is 5.92 Å². The fraction of sp³-hybridized carbons (Fsp3) is 0.500. The lowest BCUT2D eigenvalue weighted by Gasteiger charge is -2.32.